The van der Waals surface area contributed by atoms with Gasteiger partial charge in [0.2, 0.25) is 11.5 Å². The Bertz CT molecular complexity index is 768. The van der Waals surface area contributed by atoms with Gasteiger partial charge < -0.3 is 24.4 Å². The molecule has 6 nitrogen and oxygen atoms in total. The van der Waals surface area contributed by atoms with E-state index in [1.807, 2.05) is 18.2 Å². The van der Waals surface area contributed by atoms with Crippen molar-refractivity contribution in [3.63, 3.8) is 0 Å². The fraction of sp³-hybridized carbons (Fsp3) is 0.167. The van der Waals surface area contributed by atoms with E-state index in [-0.39, 0.29) is 11.5 Å². The molecule has 2 aromatic rings. The lowest BCUT2D eigenvalue weighted by Crippen LogP contribution is -2.28. The number of aromatic hydroxyl groups is 1. The smallest absolute Gasteiger partial charge is 0.373 e. The van der Waals surface area contributed by atoms with E-state index in [1.165, 1.54) is 12.1 Å². The largest absolute Gasteiger partial charge is 0.504 e. The normalized spacial score (nSPS) is 17.8. The molecule has 24 heavy (non-hydrogen) atoms. The van der Waals surface area contributed by atoms with E-state index in [0.717, 1.165) is 0 Å². The Labute approximate surface area is 138 Å². The predicted molar refractivity (Wildman–Crippen MR) is 85.3 cm³/mol. The summed E-state index contributed by atoms with van der Waals surface area (Å²) in [6.45, 7) is 1.66. The van der Waals surface area contributed by atoms with Crippen LogP contribution in [0.5, 0.6) is 23.0 Å². The number of phenolic OH excluding ortho intramolecular Hbond substituents is 1. The lowest BCUT2D eigenvalue weighted by molar-refractivity contribution is -0.144. The number of para-hydroxylation sites is 2. The zero-order valence-corrected chi connectivity index (χ0v) is 12.9. The van der Waals surface area contributed by atoms with Crippen LogP contribution in [0.1, 0.15) is 6.92 Å². The minimum Gasteiger partial charge on any atom is -0.504 e. The predicted octanol–water partition coefficient (Wildman–Crippen LogP) is 3.32. The third kappa shape index (κ3) is 3.27. The number of carbonyl (C=O) groups excluding carboxylic acids is 1. The summed E-state index contributed by atoms with van der Waals surface area (Å²) in [5.41, 5.74) is 0. The van der Waals surface area contributed by atoms with E-state index in [0.29, 0.717) is 11.5 Å². The second-order valence-corrected chi connectivity index (χ2v) is 5.26. The fourth-order valence-electron chi connectivity index (χ4n) is 2.24. The molecule has 2 N–H and O–H groups in total. The van der Waals surface area contributed by atoms with Crippen LogP contribution >= 0.6 is 0 Å². The summed E-state index contributed by atoms with van der Waals surface area (Å²) in [7, 11) is 0. The van der Waals surface area contributed by atoms with Gasteiger partial charge in [0, 0.05) is 6.08 Å². The molecule has 0 amide bonds. The molecule has 0 aromatic heterocycles. The SMILES string of the molecule is CC(Oc1c(O)cccc1Oc1ccccc1)C1C=C(O)C(=O)O1. The van der Waals surface area contributed by atoms with Crippen LogP contribution in [-0.4, -0.2) is 28.4 Å². The summed E-state index contributed by atoms with van der Waals surface area (Å²) >= 11 is 0. The molecule has 0 saturated heterocycles. The van der Waals surface area contributed by atoms with Crippen molar-refractivity contribution < 1.29 is 29.2 Å². The topological polar surface area (TPSA) is 85.2 Å². The lowest BCUT2D eigenvalue weighted by Gasteiger charge is -2.21. The monoisotopic (exact) mass is 328 g/mol. The van der Waals surface area contributed by atoms with Crippen LogP contribution in [0.15, 0.2) is 60.4 Å². The third-order valence-electron chi connectivity index (χ3n) is 3.47. The fourth-order valence-corrected chi connectivity index (χ4v) is 2.24. The number of aliphatic hydroxyl groups excluding tert-OH is 1. The lowest BCUT2D eigenvalue weighted by atomic mass is 10.2. The van der Waals surface area contributed by atoms with Crippen molar-refractivity contribution in [1.82, 2.24) is 0 Å². The number of carbonyl (C=O) groups is 1. The van der Waals surface area contributed by atoms with Crippen molar-refractivity contribution in [2.24, 2.45) is 0 Å². The summed E-state index contributed by atoms with van der Waals surface area (Å²) in [5.74, 6) is -0.310. The molecule has 1 aliphatic heterocycles. The second kappa shape index (κ2) is 6.54. The molecule has 1 heterocycles. The Balaban J connectivity index is 1.81. The van der Waals surface area contributed by atoms with Gasteiger partial charge in [-0.2, -0.15) is 0 Å². The van der Waals surface area contributed by atoms with Crippen LogP contribution in [0.4, 0.5) is 0 Å². The average Bonchev–Trinajstić information content (AvgIpc) is 2.91. The van der Waals surface area contributed by atoms with E-state index in [2.05, 4.69) is 0 Å². The van der Waals surface area contributed by atoms with Gasteiger partial charge in [-0.1, -0.05) is 24.3 Å². The van der Waals surface area contributed by atoms with Crippen LogP contribution in [0, 0.1) is 0 Å². The molecule has 0 radical (unpaired) electrons. The van der Waals surface area contributed by atoms with E-state index < -0.39 is 23.9 Å². The van der Waals surface area contributed by atoms with Gasteiger partial charge in [0.25, 0.3) is 0 Å². The van der Waals surface area contributed by atoms with Gasteiger partial charge in [-0.25, -0.2) is 4.79 Å². The first-order chi connectivity index (χ1) is 11.5. The number of hydrogen-bond acceptors (Lipinski definition) is 6. The van der Waals surface area contributed by atoms with Crippen LogP contribution in [0.2, 0.25) is 0 Å². The molecule has 0 bridgehead atoms. The quantitative estimate of drug-likeness (QED) is 0.819. The zero-order chi connectivity index (χ0) is 17.1. The number of rotatable bonds is 5. The summed E-state index contributed by atoms with van der Waals surface area (Å²) in [6, 6.07) is 13.8. The maximum Gasteiger partial charge on any atom is 0.373 e. The van der Waals surface area contributed by atoms with Crippen LogP contribution < -0.4 is 9.47 Å². The Morgan fingerprint density at radius 1 is 1.08 bits per heavy atom. The highest BCUT2D eigenvalue weighted by molar-refractivity contribution is 5.88. The Hall–Kier alpha value is -3.15. The summed E-state index contributed by atoms with van der Waals surface area (Å²) in [6.07, 6.45) is -0.114. The molecule has 1 aliphatic rings. The van der Waals surface area contributed by atoms with Crippen molar-refractivity contribution in [3.05, 3.63) is 60.4 Å². The van der Waals surface area contributed by atoms with E-state index in [1.54, 1.807) is 31.2 Å². The van der Waals surface area contributed by atoms with Crippen molar-refractivity contribution in [2.75, 3.05) is 0 Å². The summed E-state index contributed by atoms with van der Waals surface area (Å²) in [4.78, 5) is 11.2. The van der Waals surface area contributed by atoms with Gasteiger partial charge in [0.15, 0.2) is 17.6 Å². The van der Waals surface area contributed by atoms with Crippen molar-refractivity contribution in [1.29, 1.82) is 0 Å². The molecule has 2 aromatic carbocycles. The number of benzene rings is 2. The van der Waals surface area contributed by atoms with Gasteiger partial charge in [-0.05, 0) is 31.2 Å². The minimum atomic E-state index is -0.798. The number of hydrogen-bond donors (Lipinski definition) is 2. The Kier molecular flexibility index (Phi) is 4.29. The van der Waals surface area contributed by atoms with E-state index >= 15 is 0 Å². The first kappa shape index (κ1) is 15.7. The maximum atomic E-state index is 11.2. The molecule has 3 rings (SSSR count). The standard InChI is InChI=1S/C18H16O6/c1-11(16-10-14(20)18(21)24-16)22-17-13(19)8-5-9-15(17)23-12-6-3-2-4-7-12/h2-11,16,19-20H,1H3. The molecule has 0 fully saturated rings. The molecule has 0 aliphatic carbocycles. The van der Waals surface area contributed by atoms with Crippen molar-refractivity contribution in [3.8, 4) is 23.0 Å². The van der Waals surface area contributed by atoms with Crippen LogP contribution in [0.25, 0.3) is 0 Å². The second-order valence-electron chi connectivity index (χ2n) is 5.26. The van der Waals surface area contributed by atoms with Gasteiger partial charge in [-0.15, -0.1) is 0 Å². The third-order valence-corrected chi connectivity index (χ3v) is 3.47. The molecule has 0 spiro atoms. The number of ether oxygens (including phenoxy) is 3. The van der Waals surface area contributed by atoms with Gasteiger partial charge in [0.05, 0.1) is 0 Å². The van der Waals surface area contributed by atoms with Crippen LogP contribution in [-0.2, 0) is 9.53 Å². The molecule has 2 atom stereocenters. The van der Waals surface area contributed by atoms with Crippen molar-refractivity contribution in [2.45, 2.75) is 19.1 Å². The molecule has 6 heteroatoms. The number of aliphatic hydroxyl groups is 1. The molecule has 124 valence electrons. The van der Waals surface area contributed by atoms with Gasteiger partial charge >= 0.3 is 5.97 Å². The van der Waals surface area contributed by atoms with E-state index in [4.69, 9.17) is 14.2 Å². The highest BCUT2D eigenvalue weighted by Gasteiger charge is 2.31. The van der Waals surface area contributed by atoms with Gasteiger partial charge in [0.1, 0.15) is 11.9 Å². The number of cyclic esters (lactones) is 1. The van der Waals surface area contributed by atoms with Crippen molar-refractivity contribution >= 4 is 5.97 Å². The first-order valence-electron chi connectivity index (χ1n) is 7.38. The maximum absolute atomic E-state index is 11.2. The van der Waals surface area contributed by atoms with Crippen LogP contribution in [0.3, 0.4) is 0 Å². The molecule has 0 saturated carbocycles. The molecule has 2 unspecified atom stereocenters. The average molecular weight is 328 g/mol. The Morgan fingerprint density at radius 2 is 1.83 bits per heavy atom. The molecular formula is C18H16O6. The zero-order valence-electron chi connectivity index (χ0n) is 12.9. The van der Waals surface area contributed by atoms with E-state index in [9.17, 15) is 15.0 Å². The molecular weight excluding hydrogens is 312 g/mol. The summed E-state index contributed by atoms with van der Waals surface area (Å²) < 4.78 is 16.4. The highest BCUT2D eigenvalue weighted by atomic mass is 16.6. The van der Waals surface area contributed by atoms with Gasteiger partial charge in [-0.3, -0.25) is 0 Å². The number of esters is 1. The number of phenols is 1. The first-order valence-corrected chi connectivity index (χ1v) is 7.38. The Morgan fingerprint density at radius 3 is 2.50 bits per heavy atom. The highest BCUT2D eigenvalue weighted by Crippen LogP contribution is 2.40. The minimum absolute atomic E-state index is 0.104. The summed E-state index contributed by atoms with van der Waals surface area (Å²) in [5, 5.41) is 19.4.